The molecule has 94 valence electrons. The van der Waals surface area contributed by atoms with Crippen LogP contribution in [0.2, 0.25) is 0 Å². The Labute approximate surface area is 102 Å². The average Bonchev–Trinajstić information content (AvgIpc) is 2.23. The fourth-order valence-electron chi connectivity index (χ4n) is 1.40. The van der Waals surface area contributed by atoms with E-state index in [1.165, 1.54) is 0 Å². The van der Waals surface area contributed by atoms with Crippen molar-refractivity contribution in [1.82, 2.24) is 0 Å². The first-order valence-corrected chi connectivity index (χ1v) is 5.75. The molecule has 0 aliphatic carbocycles. The molecule has 0 heterocycles. The van der Waals surface area contributed by atoms with Gasteiger partial charge in [-0.3, -0.25) is 4.79 Å². The summed E-state index contributed by atoms with van der Waals surface area (Å²) < 4.78 is 0. The predicted octanol–water partition coefficient (Wildman–Crippen LogP) is 2.01. The van der Waals surface area contributed by atoms with Crippen LogP contribution in [0.15, 0.2) is 18.2 Å². The van der Waals surface area contributed by atoms with Gasteiger partial charge in [0.05, 0.1) is 0 Å². The van der Waals surface area contributed by atoms with Gasteiger partial charge in [0.25, 0.3) is 0 Å². The number of nitrogens with two attached hydrogens (primary N) is 1. The van der Waals surface area contributed by atoms with Crippen LogP contribution < -0.4 is 11.1 Å². The highest BCUT2D eigenvalue weighted by Crippen LogP contribution is 2.20. The molecule has 1 unspecified atom stereocenters. The van der Waals surface area contributed by atoms with E-state index in [1.54, 1.807) is 25.1 Å². The maximum Gasteiger partial charge on any atom is 0.225 e. The molecule has 4 N–H and O–H groups in total. The lowest BCUT2D eigenvalue weighted by Gasteiger charge is -2.15. The maximum absolute atomic E-state index is 11.7. The molecule has 0 saturated carbocycles. The minimum absolute atomic E-state index is 0.101. The van der Waals surface area contributed by atoms with Crippen molar-refractivity contribution < 1.29 is 9.90 Å². The summed E-state index contributed by atoms with van der Waals surface area (Å²) in [5.74, 6) is 0.403. The second kappa shape index (κ2) is 5.68. The van der Waals surface area contributed by atoms with Crippen molar-refractivity contribution in [3.63, 3.8) is 0 Å². The number of aryl methyl sites for hydroxylation is 1. The number of hydrogen-bond acceptors (Lipinski definition) is 3. The zero-order valence-corrected chi connectivity index (χ0v) is 10.5. The molecule has 0 aromatic heterocycles. The van der Waals surface area contributed by atoms with Gasteiger partial charge in [0.1, 0.15) is 5.75 Å². The predicted molar refractivity (Wildman–Crippen MR) is 68.9 cm³/mol. The largest absolute Gasteiger partial charge is 0.508 e. The summed E-state index contributed by atoms with van der Waals surface area (Å²) in [7, 11) is 0. The summed E-state index contributed by atoms with van der Waals surface area (Å²) in [4.78, 5) is 11.7. The highest BCUT2D eigenvalue weighted by molar-refractivity contribution is 5.91. The van der Waals surface area contributed by atoms with Gasteiger partial charge in [-0.1, -0.05) is 13.8 Å². The lowest BCUT2D eigenvalue weighted by molar-refractivity contribution is -0.116. The van der Waals surface area contributed by atoms with E-state index in [4.69, 9.17) is 5.73 Å². The van der Waals surface area contributed by atoms with Crippen LogP contribution in [-0.2, 0) is 4.79 Å². The smallest absolute Gasteiger partial charge is 0.225 e. The van der Waals surface area contributed by atoms with E-state index in [0.717, 1.165) is 5.56 Å². The Kier molecular flexibility index (Phi) is 4.52. The highest BCUT2D eigenvalue weighted by Gasteiger charge is 2.13. The third-order valence-corrected chi connectivity index (χ3v) is 2.76. The second-order valence-corrected chi connectivity index (χ2v) is 4.66. The third-order valence-electron chi connectivity index (χ3n) is 2.76. The topological polar surface area (TPSA) is 75.4 Å². The molecule has 1 rings (SSSR count). The Bertz CT molecular complexity index is 402. The van der Waals surface area contributed by atoms with Crippen molar-refractivity contribution in [3.8, 4) is 5.75 Å². The lowest BCUT2D eigenvalue weighted by Crippen LogP contribution is -2.31. The molecular formula is C13H20N2O2. The van der Waals surface area contributed by atoms with Crippen molar-refractivity contribution in [1.29, 1.82) is 0 Å². The fourth-order valence-corrected chi connectivity index (χ4v) is 1.40. The standard InChI is InChI=1S/C13H20N2O2/c1-8(2)11(14)7-13(17)15-10-4-5-12(16)9(3)6-10/h4-6,8,11,16H,7,14H2,1-3H3,(H,15,17). The summed E-state index contributed by atoms with van der Waals surface area (Å²) in [5.41, 5.74) is 7.24. The molecule has 1 aromatic rings. The van der Waals surface area contributed by atoms with E-state index in [0.29, 0.717) is 12.1 Å². The Morgan fingerprint density at radius 2 is 2.12 bits per heavy atom. The normalized spacial score (nSPS) is 12.5. The number of hydrogen-bond donors (Lipinski definition) is 3. The van der Waals surface area contributed by atoms with Crippen LogP contribution in [0.25, 0.3) is 0 Å². The first-order valence-electron chi connectivity index (χ1n) is 5.75. The molecule has 0 radical (unpaired) electrons. The van der Waals surface area contributed by atoms with Gasteiger partial charge in [0.15, 0.2) is 0 Å². The number of carbonyl (C=O) groups excluding carboxylic acids is 1. The van der Waals surface area contributed by atoms with Crippen LogP contribution in [0.4, 0.5) is 5.69 Å². The van der Waals surface area contributed by atoms with Crippen molar-refractivity contribution in [2.45, 2.75) is 33.2 Å². The molecule has 0 spiro atoms. The number of nitrogens with one attached hydrogen (secondary N) is 1. The van der Waals surface area contributed by atoms with Gasteiger partial charge in [-0.15, -0.1) is 0 Å². The number of rotatable bonds is 4. The Morgan fingerprint density at radius 1 is 1.47 bits per heavy atom. The molecule has 4 heteroatoms. The van der Waals surface area contributed by atoms with E-state index in [9.17, 15) is 9.90 Å². The van der Waals surface area contributed by atoms with Crippen LogP contribution in [0.1, 0.15) is 25.8 Å². The molecule has 0 aliphatic rings. The second-order valence-electron chi connectivity index (χ2n) is 4.66. The van der Waals surface area contributed by atoms with E-state index >= 15 is 0 Å². The molecular weight excluding hydrogens is 216 g/mol. The Balaban J connectivity index is 2.59. The van der Waals surface area contributed by atoms with Gasteiger partial charge < -0.3 is 16.2 Å². The summed E-state index contributed by atoms with van der Waals surface area (Å²) in [6.45, 7) is 5.76. The van der Waals surface area contributed by atoms with Crippen LogP contribution in [0, 0.1) is 12.8 Å². The van der Waals surface area contributed by atoms with Crippen LogP contribution >= 0.6 is 0 Å². The first kappa shape index (κ1) is 13.5. The van der Waals surface area contributed by atoms with E-state index in [2.05, 4.69) is 5.32 Å². The van der Waals surface area contributed by atoms with Gasteiger partial charge in [-0.2, -0.15) is 0 Å². The van der Waals surface area contributed by atoms with E-state index in [1.807, 2.05) is 13.8 Å². The van der Waals surface area contributed by atoms with Crippen molar-refractivity contribution in [2.75, 3.05) is 5.32 Å². The van der Waals surface area contributed by atoms with Gasteiger partial charge in [-0.05, 0) is 36.6 Å². The zero-order chi connectivity index (χ0) is 13.0. The summed E-state index contributed by atoms with van der Waals surface area (Å²) in [6.07, 6.45) is 0.303. The van der Waals surface area contributed by atoms with Crippen molar-refractivity contribution in [3.05, 3.63) is 23.8 Å². The summed E-state index contributed by atoms with van der Waals surface area (Å²) >= 11 is 0. The number of anilines is 1. The maximum atomic E-state index is 11.7. The molecule has 0 saturated heterocycles. The van der Waals surface area contributed by atoms with E-state index < -0.39 is 0 Å². The average molecular weight is 236 g/mol. The summed E-state index contributed by atoms with van der Waals surface area (Å²) in [5, 5.41) is 12.1. The van der Waals surface area contributed by atoms with Gasteiger partial charge in [0.2, 0.25) is 5.91 Å². The Morgan fingerprint density at radius 3 is 2.65 bits per heavy atom. The van der Waals surface area contributed by atoms with Gasteiger partial charge in [0, 0.05) is 18.2 Å². The monoisotopic (exact) mass is 236 g/mol. The SMILES string of the molecule is Cc1cc(NC(=O)CC(N)C(C)C)ccc1O. The third kappa shape index (κ3) is 4.07. The molecule has 4 nitrogen and oxygen atoms in total. The minimum Gasteiger partial charge on any atom is -0.508 e. The highest BCUT2D eigenvalue weighted by atomic mass is 16.3. The molecule has 0 aliphatic heterocycles. The number of amides is 1. The molecule has 17 heavy (non-hydrogen) atoms. The van der Waals surface area contributed by atoms with E-state index in [-0.39, 0.29) is 23.6 Å². The van der Waals surface area contributed by atoms with Crippen LogP contribution in [0.5, 0.6) is 5.75 Å². The number of benzene rings is 1. The number of carbonyl (C=O) groups is 1. The lowest BCUT2D eigenvalue weighted by atomic mass is 10.0. The van der Waals surface area contributed by atoms with Gasteiger partial charge in [-0.25, -0.2) is 0 Å². The van der Waals surface area contributed by atoms with Crippen molar-refractivity contribution in [2.24, 2.45) is 11.7 Å². The number of phenolic OH excluding ortho intramolecular Hbond substituents is 1. The molecule has 1 atom stereocenters. The zero-order valence-electron chi connectivity index (χ0n) is 10.5. The molecule has 0 bridgehead atoms. The first-order chi connectivity index (χ1) is 7.90. The molecule has 1 aromatic carbocycles. The summed E-state index contributed by atoms with van der Waals surface area (Å²) in [6, 6.07) is 4.83. The Hall–Kier alpha value is -1.55. The quantitative estimate of drug-likeness (QED) is 0.700. The van der Waals surface area contributed by atoms with Crippen molar-refractivity contribution >= 4 is 11.6 Å². The molecule has 1 amide bonds. The fraction of sp³-hybridized carbons (Fsp3) is 0.462. The van der Waals surface area contributed by atoms with Gasteiger partial charge >= 0.3 is 0 Å². The van der Waals surface area contributed by atoms with Crippen LogP contribution in [0.3, 0.4) is 0 Å². The number of phenols is 1. The molecule has 0 fully saturated rings. The van der Waals surface area contributed by atoms with Crippen LogP contribution in [-0.4, -0.2) is 17.1 Å². The minimum atomic E-state index is -0.131. The number of aromatic hydroxyl groups is 1.